The molecule has 10 heteroatoms. The van der Waals surface area contributed by atoms with Gasteiger partial charge in [-0.25, -0.2) is 4.39 Å². The molecule has 4 rings (SSSR count). The average Bonchev–Trinajstić information content (AvgIpc) is 3.02. The van der Waals surface area contributed by atoms with Gasteiger partial charge >= 0.3 is 0 Å². The number of amides is 3. The van der Waals surface area contributed by atoms with Gasteiger partial charge in [0.2, 0.25) is 5.91 Å². The standard InChI is InChI=1S/C33H29ClFN3O4S/c1-3-30(33(41)37-24-15-16-28(35)27(34)20-24)43-26-14-8-12-23(19-26)36-32(40)29(18-21-9-7-13-25(17-21)42-2)38-31(39)22-10-5-4-6-11-22/h4-20,30H,3H2,1-2H3,(H,36,40)(H,37,41)(H,38,39)/b29-18-. The Balaban J connectivity index is 1.51. The first-order chi connectivity index (χ1) is 20.7. The maximum absolute atomic E-state index is 13.5. The second-order valence-electron chi connectivity index (χ2n) is 9.27. The molecule has 0 aromatic heterocycles. The highest BCUT2D eigenvalue weighted by molar-refractivity contribution is 8.00. The van der Waals surface area contributed by atoms with E-state index in [0.717, 1.165) is 4.90 Å². The van der Waals surface area contributed by atoms with Crippen LogP contribution in [0.4, 0.5) is 15.8 Å². The fourth-order valence-electron chi connectivity index (χ4n) is 3.97. The Morgan fingerprint density at radius 3 is 2.37 bits per heavy atom. The molecular formula is C33H29ClFN3O4S. The molecular weight excluding hydrogens is 589 g/mol. The molecule has 1 unspecified atom stereocenters. The summed E-state index contributed by atoms with van der Waals surface area (Å²) in [5.74, 6) is -1.21. The van der Waals surface area contributed by atoms with Gasteiger partial charge < -0.3 is 20.7 Å². The topological polar surface area (TPSA) is 96.5 Å². The lowest BCUT2D eigenvalue weighted by atomic mass is 10.1. The van der Waals surface area contributed by atoms with E-state index in [2.05, 4.69) is 16.0 Å². The van der Waals surface area contributed by atoms with Crippen LogP contribution in [0.15, 0.2) is 108 Å². The number of methoxy groups -OCH3 is 1. The largest absolute Gasteiger partial charge is 0.497 e. The number of carbonyl (C=O) groups excluding carboxylic acids is 3. The molecule has 0 aliphatic heterocycles. The Morgan fingerprint density at radius 2 is 1.65 bits per heavy atom. The molecule has 1 atom stereocenters. The molecule has 0 heterocycles. The number of rotatable bonds is 11. The zero-order chi connectivity index (χ0) is 30.8. The lowest BCUT2D eigenvalue weighted by molar-refractivity contribution is -0.116. The third kappa shape index (κ3) is 8.94. The summed E-state index contributed by atoms with van der Waals surface area (Å²) in [7, 11) is 1.55. The van der Waals surface area contributed by atoms with Crippen LogP contribution in [0.5, 0.6) is 5.75 Å². The Hall–Kier alpha value is -4.60. The van der Waals surface area contributed by atoms with Crippen LogP contribution in [0.2, 0.25) is 5.02 Å². The van der Waals surface area contributed by atoms with Crippen LogP contribution in [0.3, 0.4) is 0 Å². The molecule has 220 valence electrons. The fourth-order valence-corrected chi connectivity index (χ4v) is 5.16. The molecule has 0 saturated heterocycles. The Kier molecular flexibility index (Phi) is 11.0. The van der Waals surface area contributed by atoms with Crippen LogP contribution >= 0.6 is 23.4 Å². The molecule has 0 saturated carbocycles. The maximum atomic E-state index is 13.5. The normalized spacial score (nSPS) is 11.8. The molecule has 43 heavy (non-hydrogen) atoms. The monoisotopic (exact) mass is 617 g/mol. The van der Waals surface area contributed by atoms with Crippen molar-refractivity contribution in [2.24, 2.45) is 0 Å². The molecule has 0 aliphatic rings. The predicted octanol–water partition coefficient (Wildman–Crippen LogP) is 7.41. The minimum absolute atomic E-state index is 0.0314. The fraction of sp³-hybridized carbons (Fsp3) is 0.121. The van der Waals surface area contributed by atoms with Crippen molar-refractivity contribution in [2.45, 2.75) is 23.5 Å². The summed E-state index contributed by atoms with van der Waals surface area (Å²) in [6, 6.07) is 26.7. The minimum atomic E-state index is -0.568. The lowest BCUT2D eigenvalue weighted by Gasteiger charge is -2.16. The molecule has 0 aliphatic carbocycles. The van der Waals surface area contributed by atoms with E-state index in [4.69, 9.17) is 16.3 Å². The number of benzene rings is 4. The molecule has 3 amide bonds. The zero-order valence-electron chi connectivity index (χ0n) is 23.4. The highest BCUT2D eigenvalue weighted by atomic mass is 35.5. The highest BCUT2D eigenvalue weighted by Gasteiger charge is 2.20. The zero-order valence-corrected chi connectivity index (χ0v) is 25.0. The Bertz CT molecular complexity index is 1650. The van der Waals surface area contributed by atoms with Crippen molar-refractivity contribution >= 4 is 58.5 Å². The van der Waals surface area contributed by atoms with Gasteiger partial charge in [0.25, 0.3) is 11.8 Å². The van der Waals surface area contributed by atoms with Gasteiger partial charge in [-0.3, -0.25) is 14.4 Å². The van der Waals surface area contributed by atoms with Crippen molar-refractivity contribution in [1.82, 2.24) is 5.32 Å². The number of hydrogen-bond donors (Lipinski definition) is 3. The molecule has 4 aromatic carbocycles. The van der Waals surface area contributed by atoms with Crippen LogP contribution < -0.4 is 20.7 Å². The van der Waals surface area contributed by atoms with E-state index in [1.54, 1.807) is 86.0 Å². The van der Waals surface area contributed by atoms with Crippen molar-refractivity contribution in [3.05, 3.63) is 125 Å². The number of ether oxygens (including phenoxy) is 1. The minimum Gasteiger partial charge on any atom is -0.497 e. The third-order valence-electron chi connectivity index (χ3n) is 6.15. The van der Waals surface area contributed by atoms with E-state index >= 15 is 0 Å². The van der Waals surface area contributed by atoms with Crippen LogP contribution in [0.25, 0.3) is 6.08 Å². The van der Waals surface area contributed by atoms with Crippen molar-refractivity contribution < 1.29 is 23.5 Å². The van der Waals surface area contributed by atoms with Gasteiger partial charge in [0, 0.05) is 21.8 Å². The van der Waals surface area contributed by atoms with Crippen LogP contribution in [0.1, 0.15) is 29.3 Å². The summed E-state index contributed by atoms with van der Waals surface area (Å²) in [5, 5.41) is 7.78. The van der Waals surface area contributed by atoms with Gasteiger partial charge in [0.05, 0.1) is 17.4 Å². The van der Waals surface area contributed by atoms with Crippen LogP contribution in [-0.4, -0.2) is 30.1 Å². The summed E-state index contributed by atoms with van der Waals surface area (Å²) in [6.07, 6.45) is 2.08. The van der Waals surface area contributed by atoms with Gasteiger partial charge in [0.15, 0.2) is 0 Å². The quantitative estimate of drug-likeness (QED) is 0.120. The van der Waals surface area contributed by atoms with Gasteiger partial charge in [-0.05, 0) is 78.7 Å². The van der Waals surface area contributed by atoms with E-state index in [1.807, 2.05) is 13.0 Å². The van der Waals surface area contributed by atoms with Crippen LogP contribution in [-0.2, 0) is 9.59 Å². The summed E-state index contributed by atoms with van der Waals surface area (Å²) in [5.41, 5.74) is 1.95. The summed E-state index contributed by atoms with van der Waals surface area (Å²) in [6.45, 7) is 1.88. The molecule has 0 bridgehead atoms. The summed E-state index contributed by atoms with van der Waals surface area (Å²) < 4.78 is 18.8. The van der Waals surface area contributed by atoms with Gasteiger partial charge in [-0.15, -0.1) is 11.8 Å². The second-order valence-corrected chi connectivity index (χ2v) is 11.0. The first-order valence-corrected chi connectivity index (χ1v) is 14.6. The van der Waals surface area contributed by atoms with Crippen molar-refractivity contribution in [1.29, 1.82) is 0 Å². The second kappa shape index (κ2) is 15.0. The van der Waals surface area contributed by atoms with Crippen molar-refractivity contribution in [3.63, 3.8) is 0 Å². The van der Waals surface area contributed by atoms with Gasteiger partial charge in [-0.2, -0.15) is 0 Å². The summed E-state index contributed by atoms with van der Waals surface area (Å²) in [4.78, 5) is 40.1. The van der Waals surface area contributed by atoms with E-state index in [9.17, 15) is 18.8 Å². The molecule has 3 N–H and O–H groups in total. The molecule has 7 nitrogen and oxygen atoms in total. The van der Waals surface area contributed by atoms with Crippen molar-refractivity contribution in [3.8, 4) is 5.75 Å². The van der Waals surface area contributed by atoms with Crippen molar-refractivity contribution in [2.75, 3.05) is 17.7 Å². The number of hydrogen-bond acceptors (Lipinski definition) is 5. The van der Waals surface area contributed by atoms with E-state index in [-0.39, 0.29) is 16.6 Å². The first kappa shape index (κ1) is 31.3. The Labute approximate surface area is 258 Å². The molecule has 0 spiro atoms. The van der Waals surface area contributed by atoms with Gasteiger partial charge in [0.1, 0.15) is 17.3 Å². The number of thioether (sulfide) groups is 1. The maximum Gasteiger partial charge on any atom is 0.272 e. The number of anilines is 2. The number of nitrogens with one attached hydrogen (secondary N) is 3. The highest BCUT2D eigenvalue weighted by Crippen LogP contribution is 2.29. The molecule has 0 radical (unpaired) electrons. The van der Waals surface area contributed by atoms with E-state index < -0.39 is 22.9 Å². The SMILES string of the molecule is CCC(Sc1cccc(NC(=O)/C(=C/c2cccc(OC)c2)NC(=O)c2ccccc2)c1)C(=O)Nc1ccc(F)c(Cl)c1. The van der Waals surface area contributed by atoms with Gasteiger partial charge in [-0.1, -0.05) is 54.9 Å². The summed E-state index contributed by atoms with van der Waals surface area (Å²) >= 11 is 7.16. The lowest BCUT2D eigenvalue weighted by Crippen LogP contribution is -2.30. The third-order valence-corrected chi connectivity index (χ3v) is 7.80. The van der Waals surface area contributed by atoms with E-state index in [1.165, 1.54) is 30.0 Å². The predicted molar refractivity (Wildman–Crippen MR) is 170 cm³/mol. The smallest absolute Gasteiger partial charge is 0.272 e. The molecule has 4 aromatic rings. The van der Waals surface area contributed by atoms with Crippen LogP contribution in [0, 0.1) is 5.82 Å². The number of carbonyl (C=O) groups is 3. The first-order valence-electron chi connectivity index (χ1n) is 13.3. The number of halogens is 2. The van der Waals surface area contributed by atoms with E-state index in [0.29, 0.717) is 34.7 Å². The average molecular weight is 618 g/mol. The Morgan fingerprint density at radius 1 is 0.907 bits per heavy atom. The molecule has 0 fully saturated rings.